The van der Waals surface area contributed by atoms with E-state index in [0.29, 0.717) is 6.54 Å². The SMILES string of the molecule is CCCNC(=O)C(C)NCc1ccc2c(c1)CC(C)(C)O2. The normalized spacial score (nSPS) is 17.0. The molecule has 1 aromatic carbocycles. The van der Waals surface area contributed by atoms with Gasteiger partial charge in [0.05, 0.1) is 6.04 Å². The molecule has 21 heavy (non-hydrogen) atoms. The summed E-state index contributed by atoms with van der Waals surface area (Å²) in [6.45, 7) is 9.57. The Hall–Kier alpha value is -1.55. The van der Waals surface area contributed by atoms with Gasteiger partial charge in [-0.2, -0.15) is 0 Å². The summed E-state index contributed by atoms with van der Waals surface area (Å²) in [6.07, 6.45) is 1.89. The summed E-state index contributed by atoms with van der Waals surface area (Å²) in [7, 11) is 0. The van der Waals surface area contributed by atoms with Crippen LogP contribution in [0.15, 0.2) is 18.2 Å². The molecule has 4 heteroatoms. The zero-order valence-corrected chi connectivity index (χ0v) is 13.5. The maximum Gasteiger partial charge on any atom is 0.236 e. The lowest BCUT2D eigenvalue weighted by atomic mass is 10.0. The molecule has 1 aliphatic rings. The predicted octanol–water partition coefficient (Wildman–Crippen LogP) is 2.40. The van der Waals surface area contributed by atoms with Crippen LogP contribution in [0, 0.1) is 0 Å². The molecule has 1 heterocycles. The van der Waals surface area contributed by atoms with Crippen LogP contribution in [0.2, 0.25) is 0 Å². The first-order chi connectivity index (χ1) is 9.91. The Morgan fingerprint density at radius 2 is 2.19 bits per heavy atom. The number of ether oxygens (including phenoxy) is 1. The predicted molar refractivity (Wildman–Crippen MR) is 84.5 cm³/mol. The van der Waals surface area contributed by atoms with Gasteiger partial charge in [-0.25, -0.2) is 0 Å². The van der Waals surface area contributed by atoms with E-state index in [4.69, 9.17) is 4.74 Å². The summed E-state index contributed by atoms with van der Waals surface area (Å²) in [5.41, 5.74) is 2.33. The van der Waals surface area contributed by atoms with Gasteiger partial charge in [-0.05, 0) is 44.4 Å². The molecule has 0 fully saturated rings. The molecule has 1 amide bonds. The van der Waals surface area contributed by atoms with Crippen LogP contribution in [0.4, 0.5) is 0 Å². The molecule has 2 N–H and O–H groups in total. The van der Waals surface area contributed by atoms with Crippen LogP contribution in [0.25, 0.3) is 0 Å². The van der Waals surface area contributed by atoms with Crippen molar-refractivity contribution in [1.29, 1.82) is 0 Å². The number of hydrogen-bond donors (Lipinski definition) is 2. The zero-order valence-electron chi connectivity index (χ0n) is 13.5. The standard InChI is InChI=1S/C17H26N2O2/c1-5-8-18-16(20)12(2)19-11-13-6-7-15-14(9-13)10-17(3,4)21-15/h6-7,9,12,19H,5,8,10-11H2,1-4H3,(H,18,20). The van der Waals surface area contributed by atoms with Crippen molar-refractivity contribution in [2.45, 2.75) is 58.7 Å². The topological polar surface area (TPSA) is 50.4 Å². The molecule has 0 bridgehead atoms. The van der Waals surface area contributed by atoms with Crippen molar-refractivity contribution in [3.8, 4) is 5.75 Å². The minimum Gasteiger partial charge on any atom is -0.487 e. The second-order valence-corrected chi connectivity index (χ2v) is 6.37. The molecule has 0 spiro atoms. The average molecular weight is 290 g/mol. The van der Waals surface area contributed by atoms with Crippen LogP contribution >= 0.6 is 0 Å². The molecule has 4 nitrogen and oxygen atoms in total. The Kier molecular flexibility index (Phi) is 4.88. The molecule has 116 valence electrons. The highest BCUT2D eigenvalue weighted by Crippen LogP contribution is 2.35. The number of fused-ring (bicyclic) bond motifs is 1. The summed E-state index contributed by atoms with van der Waals surface area (Å²) < 4.78 is 5.87. The number of hydrogen-bond acceptors (Lipinski definition) is 3. The van der Waals surface area contributed by atoms with Gasteiger partial charge < -0.3 is 15.4 Å². The third-order valence-corrected chi connectivity index (χ3v) is 3.68. The van der Waals surface area contributed by atoms with Gasteiger partial charge >= 0.3 is 0 Å². The fraction of sp³-hybridized carbons (Fsp3) is 0.588. The fourth-order valence-electron chi connectivity index (χ4n) is 2.54. The van der Waals surface area contributed by atoms with Crippen LogP contribution in [0.1, 0.15) is 45.2 Å². The van der Waals surface area contributed by atoms with Crippen LogP contribution in [0.3, 0.4) is 0 Å². The quantitative estimate of drug-likeness (QED) is 0.846. The van der Waals surface area contributed by atoms with Crippen molar-refractivity contribution in [3.05, 3.63) is 29.3 Å². The average Bonchev–Trinajstić information content (AvgIpc) is 2.74. The van der Waals surface area contributed by atoms with Gasteiger partial charge in [0.15, 0.2) is 0 Å². The van der Waals surface area contributed by atoms with Gasteiger partial charge in [-0.3, -0.25) is 4.79 Å². The van der Waals surface area contributed by atoms with Crippen molar-refractivity contribution < 1.29 is 9.53 Å². The third kappa shape index (κ3) is 4.21. The van der Waals surface area contributed by atoms with E-state index in [-0.39, 0.29) is 17.6 Å². The van der Waals surface area contributed by atoms with Crippen molar-refractivity contribution >= 4 is 5.91 Å². The minimum absolute atomic E-state index is 0.0578. The van der Waals surface area contributed by atoms with Gasteiger partial charge in [0.1, 0.15) is 11.4 Å². The van der Waals surface area contributed by atoms with E-state index in [1.807, 2.05) is 19.9 Å². The van der Waals surface area contributed by atoms with Crippen molar-refractivity contribution in [1.82, 2.24) is 10.6 Å². The molecule has 0 aliphatic carbocycles. The second-order valence-electron chi connectivity index (χ2n) is 6.37. The lowest BCUT2D eigenvalue weighted by molar-refractivity contribution is -0.122. The Balaban J connectivity index is 1.89. The second kappa shape index (κ2) is 6.48. The summed E-state index contributed by atoms with van der Waals surface area (Å²) >= 11 is 0. The highest BCUT2D eigenvalue weighted by atomic mass is 16.5. The smallest absolute Gasteiger partial charge is 0.236 e. The molecular weight excluding hydrogens is 264 g/mol. The number of benzene rings is 1. The van der Waals surface area contributed by atoms with E-state index < -0.39 is 0 Å². The first kappa shape index (κ1) is 15.8. The fourth-order valence-corrected chi connectivity index (χ4v) is 2.54. The first-order valence-electron chi connectivity index (χ1n) is 7.73. The zero-order chi connectivity index (χ0) is 15.5. The van der Waals surface area contributed by atoms with Crippen molar-refractivity contribution in [2.75, 3.05) is 6.54 Å². The number of rotatable bonds is 6. The summed E-state index contributed by atoms with van der Waals surface area (Å²) in [5.74, 6) is 1.04. The molecule has 1 aromatic rings. The third-order valence-electron chi connectivity index (χ3n) is 3.68. The number of amides is 1. The molecule has 0 radical (unpaired) electrons. The van der Waals surface area contributed by atoms with E-state index in [1.165, 1.54) is 11.1 Å². The number of carbonyl (C=O) groups excluding carboxylic acids is 1. The Bertz CT molecular complexity index is 512. The molecule has 2 rings (SSSR count). The molecule has 0 saturated heterocycles. The van der Waals surface area contributed by atoms with E-state index in [1.54, 1.807) is 0 Å². The maximum absolute atomic E-state index is 11.8. The molecule has 0 aromatic heterocycles. The van der Waals surface area contributed by atoms with E-state index in [0.717, 1.165) is 25.1 Å². The van der Waals surface area contributed by atoms with Crippen LogP contribution in [-0.2, 0) is 17.8 Å². The maximum atomic E-state index is 11.8. The van der Waals surface area contributed by atoms with Gasteiger partial charge in [0.25, 0.3) is 0 Å². The summed E-state index contributed by atoms with van der Waals surface area (Å²) in [6, 6.07) is 6.08. The highest BCUT2D eigenvalue weighted by molar-refractivity contribution is 5.81. The first-order valence-corrected chi connectivity index (χ1v) is 7.73. The Labute approximate surface area is 127 Å². The van der Waals surface area contributed by atoms with Crippen molar-refractivity contribution in [2.24, 2.45) is 0 Å². The van der Waals surface area contributed by atoms with Gasteiger partial charge in [-0.1, -0.05) is 19.1 Å². The summed E-state index contributed by atoms with van der Waals surface area (Å²) in [4.78, 5) is 11.8. The van der Waals surface area contributed by atoms with E-state index >= 15 is 0 Å². The lowest BCUT2D eigenvalue weighted by Crippen LogP contribution is -2.42. The molecule has 1 aliphatic heterocycles. The number of carbonyl (C=O) groups is 1. The highest BCUT2D eigenvalue weighted by Gasteiger charge is 2.29. The Morgan fingerprint density at radius 3 is 2.90 bits per heavy atom. The van der Waals surface area contributed by atoms with Gasteiger partial charge in [0.2, 0.25) is 5.91 Å². The lowest BCUT2D eigenvalue weighted by Gasteiger charge is -2.16. The molecule has 0 saturated carbocycles. The molecular formula is C17H26N2O2. The number of nitrogens with one attached hydrogen (secondary N) is 2. The van der Waals surface area contributed by atoms with Crippen LogP contribution in [-0.4, -0.2) is 24.1 Å². The molecule has 1 atom stereocenters. The Morgan fingerprint density at radius 1 is 1.43 bits per heavy atom. The van der Waals surface area contributed by atoms with Gasteiger partial charge in [-0.15, -0.1) is 0 Å². The monoisotopic (exact) mass is 290 g/mol. The van der Waals surface area contributed by atoms with E-state index in [2.05, 4.69) is 36.6 Å². The molecule has 1 unspecified atom stereocenters. The summed E-state index contributed by atoms with van der Waals surface area (Å²) in [5, 5.41) is 6.17. The van der Waals surface area contributed by atoms with Crippen LogP contribution < -0.4 is 15.4 Å². The van der Waals surface area contributed by atoms with E-state index in [9.17, 15) is 4.79 Å². The largest absolute Gasteiger partial charge is 0.487 e. The van der Waals surface area contributed by atoms with Crippen LogP contribution in [0.5, 0.6) is 5.75 Å². The van der Waals surface area contributed by atoms with Crippen molar-refractivity contribution in [3.63, 3.8) is 0 Å². The van der Waals surface area contributed by atoms with Gasteiger partial charge in [0, 0.05) is 19.5 Å². The minimum atomic E-state index is -0.183.